The summed E-state index contributed by atoms with van der Waals surface area (Å²) in [6.45, 7) is 3.91. The van der Waals surface area contributed by atoms with Gasteiger partial charge in [0.25, 0.3) is 5.91 Å². The molecule has 0 saturated carbocycles. The predicted octanol–water partition coefficient (Wildman–Crippen LogP) is 4.10. The lowest BCUT2D eigenvalue weighted by atomic mass is 10.0. The van der Waals surface area contributed by atoms with Crippen LogP contribution in [0.15, 0.2) is 60.8 Å². The van der Waals surface area contributed by atoms with E-state index >= 15 is 0 Å². The maximum atomic E-state index is 13.0. The SMILES string of the molecule is COc1cc(OC)cc(C(=O)NC(C(=O)NCc2ccc(Oc3ccc(F)cc3)nc2)C(C)C)c1. The van der Waals surface area contributed by atoms with Crippen LogP contribution in [-0.2, 0) is 11.3 Å². The molecule has 35 heavy (non-hydrogen) atoms. The van der Waals surface area contributed by atoms with Crippen molar-refractivity contribution >= 4 is 11.8 Å². The van der Waals surface area contributed by atoms with E-state index in [9.17, 15) is 14.0 Å². The highest BCUT2D eigenvalue weighted by Crippen LogP contribution is 2.23. The van der Waals surface area contributed by atoms with E-state index in [-0.39, 0.29) is 24.2 Å². The molecule has 1 atom stereocenters. The molecule has 3 aromatic rings. The molecule has 9 heteroatoms. The van der Waals surface area contributed by atoms with Crippen LogP contribution < -0.4 is 24.8 Å². The number of nitrogens with zero attached hydrogens (tertiary/aromatic N) is 1. The molecule has 1 unspecified atom stereocenters. The third-order valence-corrected chi connectivity index (χ3v) is 5.15. The number of pyridine rings is 1. The first-order valence-corrected chi connectivity index (χ1v) is 11.0. The second-order valence-electron chi connectivity index (χ2n) is 8.07. The summed E-state index contributed by atoms with van der Waals surface area (Å²) in [6.07, 6.45) is 1.57. The Kier molecular flexibility index (Phi) is 8.61. The summed E-state index contributed by atoms with van der Waals surface area (Å²) in [7, 11) is 2.99. The molecule has 0 fully saturated rings. The molecule has 0 bridgehead atoms. The summed E-state index contributed by atoms with van der Waals surface area (Å²) >= 11 is 0. The third-order valence-electron chi connectivity index (χ3n) is 5.15. The van der Waals surface area contributed by atoms with Crippen molar-refractivity contribution in [2.24, 2.45) is 5.92 Å². The Bertz CT molecular complexity index is 1130. The molecular weight excluding hydrogens is 453 g/mol. The fourth-order valence-corrected chi connectivity index (χ4v) is 3.20. The van der Waals surface area contributed by atoms with E-state index in [1.807, 2.05) is 13.8 Å². The molecule has 0 spiro atoms. The molecule has 1 aromatic heterocycles. The Hall–Kier alpha value is -4.14. The number of nitrogens with one attached hydrogen (secondary N) is 2. The fourth-order valence-electron chi connectivity index (χ4n) is 3.20. The highest BCUT2D eigenvalue weighted by Gasteiger charge is 2.25. The summed E-state index contributed by atoms with van der Waals surface area (Å²) < 4.78 is 29.0. The van der Waals surface area contributed by atoms with Gasteiger partial charge in [0, 0.05) is 30.4 Å². The van der Waals surface area contributed by atoms with E-state index < -0.39 is 11.9 Å². The fraction of sp³-hybridized carbons (Fsp3) is 0.269. The van der Waals surface area contributed by atoms with E-state index in [2.05, 4.69) is 15.6 Å². The predicted molar refractivity (Wildman–Crippen MR) is 128 cm³/mol. The van der Waals surface area contributed by atoms with Gasteiger partial charge in [-0.3, -0.25) is 9.59 Å². The second kappa shape index (κ2) is 11.8. The van der Waals surface area contributed by atoms with Gasteiger partial charge in [-0.2, -0.15) is 0 Å². The van der Waals surface area contributed by atoms with Crippen LogP contribution in [0.2, 0.25) is 0 Å². The summed E-state index contributed by atoms with van der Waals surface area (Å²) in [5, 5.41) is 5.62. The lowest BCUT2D eigenvalue weighted by Crippen LogP contribution is -2.49. The Morgan fingerprint density at radius 1 is 0.943 bits per heavy atom. The zero-order valence-corrected chi connectivity index (χ0v) is 20.0. The van der Waals surface area contributed by atoms with Crippen molar-refractivity contribution in [2.45, 2.75) is 26.4 Å². The van der Waals surface area contributed by atoms with Gasteiger partial charge < -0.3 is 24.8 Å². The Labute approximate surface area is 203 Å². The second-order valence-corrected chi connectivity index (χ2v) is 8.07. The molecule has 3 rings (SSSR count). The van der Waals surface area contributed by atoms with Gasteiger partial charge in [-0.1, -0.05) is 19.9 Å². The number of halogens is 1. The Morgan fingerprint density at radius 3 is 2.14 bits per heavy atom. The number of hydrogen-bond acceptors (Lipinski definition) is 6. The standard InChI is InChI=1S/C26H28FN3O5/c1-16(2)24(30-25(31)18-11-21(33-3)13-22(12-18)34-4)26(32)29-15-17-5-10-23(28-14-17)35-20-8-6-19(27)7-9-20/h5-14,16,24H,15H2,1-4H3,(H,29,32)(H,30,31). The molecule has 0 aliphatic heterocycles. The third kappa shape index (κ3) is 7.17. The average Bonchev–Trinajstić information content (AvgIpc) is 2.87. The minimum atomic E-state index is -0.756. The van der Waals surface area contributed by atoms with Crippen molar-refractivity contribution in [3.63, 3.8) is 0 Å². The molecule has 2 amide bonds. The highest BCUT2D eigenvalue weighted by atomic mass is 19.1. The van der Waals surface area contributed by atoms with Crippen molar-refractivity contribution in [2.75, 3.05) is 14.2 Å². The van der Waals surface area contributed by atoms with Gasteiger partial charge in [0.15, 0.2) is 0 Å². The molecule has 0 saturated heterocycles. The molecule has 0 aliphatic carbocycles. The number of carbonyl (C=O) groups is 2. The monoisotopic (exact) mass is 481 g/mol. The van der Waals surface area contributed by atoms with Gasteiger partial charge in [-0.25, -0.2) is 9.37 Å². The van der Waals surface area contributed by atoms with Gasteiger partial charge >= 0.3 is 0 Å². The van der Waals surface area contributed by atoms with Gasteiger partial charge in [0.2, 0.25) is 11.8 Å². The van der Waals surface area contributed by atoms with E-state index in [0.29, 0.717) is 28.7 Å². The number of rotatable bonds is 10. The molecule has 0 aliphatic rings. The molecule has 184 valence electrons. The maximum Gasteiger partial charge on any atom is 0.252 e. The van der Waals surface area contributed by atoms with Crippen molar-refractivity contribution in [1.82, 2.24) is 15.6 Å². The van der Waals surface area contributed by atoms with Crippen LogP contribution in [0.1, 0.15) is 29.8 Å². The van der Waals surface area contributed by atoms with E-state index in [1.54, 1.807) is 36.5 Å². The molecule has 2 N–H and O–H groups in total. The molecule has 8 nitrogen and oxygen atoms in total. The molecule has 0 radical (unpaired) electrons. The molecule has 2 aromatic carbocycles. The summed E-state index contributed by atoms with van der Waals surface area (Å²) in [5.74, 6) is 0.497. The number of hydrogen-bond donors (Lipinski definition) is 2. The van der Waals surface area contributed by atoms with E-state index in [4.69, 9.17) is 14.2 Å². The number of amides is 2. The van der Waals surface area contributed by atoms with Gasteiger partial charge in [-0.15, -0.1) is 0 Å². The first-order chi connectivity index (χ1) is 16.8. The van der Waals surface area contributed by atoms with Crippen molar-refractivity contribution in [3.05, 3.63) is 77.7 Å². The minimum Gasteiger partial charge on any atom is -0.497 e. The Balaban J connectivity index is 1.59. The van der Waals surface area contributed by atoms with Crippen LogP contribution >= 0.6 is 0 Å². The van der Waals surface area contributed by atoms with Gasteiger partial charge in [0.1, 0.15) is 29.1 Å². The smallest absolute Gasteiger partial charge is 0.252 e. The lowest BCUT2D eigenvalue weighted by Gasteiger charge is -2.22. The van der Waals surface area contributed by atoms with Crippen LogP contribution in [0.4, 0.5) is 4.39 Å². The number of aromatic nitrogens is 1. The number of methoxy groups -OCH3 is 2. The first-order valence-electron chi connectivity index (χ1n) is 11.0. The van der Waals surface area contributed by atoms with Crippen LogP contribution in [-0.4, -0.2) is 37.1 Å². The lowest BCUT2D eigenvalue weighted by molar-refractivity contribution is -0.124. The maximum absolute atomic E-state index is 13.0. The first kappa shape index (κ1) is 25.5. The van der Waals surface area contributed by atoms with Crippen molar-refractivity contribution in [1.29, 1.82) is 0 Å². The Morgan fingerprint density at radius 2 is 1.60 bits per heavy atom. The largest absolute Gasteiger partial charge is 0.497 e. The minimum absolute atomic E-state index is 0.156. The summed E-state index contributed by atoms with van der Waals surface area (Å²) in [6, 6.07) is 13.1. The average molecular weight is 482 g/mol. The van der Waals surface area contributed by atoms with Gasteiger partial charge in [0.05, 0.1) is 14.2 Å². The van der Waals surface area contributed by atoms with Crippen molar-refractivity contribution < 1.29 is 28.2 Å². The quantitative estimate of drug-likeness (QED) is 0.452. The number of ether oxygens (including phenoxy) is 3. The van der Waals surface area contributed by atoms with Crippen molar-refractivity contribution in [3.8, 4) is 23.1 Å². The summed E-state index contributed by atoms with van der Waals surface area (Å²) in [5.41, 5.74) is 1.07. The number of benzene rings is 2. The van der Waals surface area contributed by atoms with Gasteiger partial charge in [-0.05, 0) is 47.9 Å². The zero-order chi connectivity index (χ0) is 25.4. The van der Waals surface area contributed by atoms with Crippen LogP contribution in [0.3, 0.4) is 0 Å². The normalized spacial score (nSPS) is 11.5. The summed E-state index contributed by atoms with van der Waals surface area (Å²) in [4.78, 5) is 29.9. The van der Waals surface area contributed by atoms with Crippen LogP contribution in [0.25, 0.3) is 0 Å². The van der Waals surface area contributed by atoms with Crippen LogP contribution in [0, 0.1) is 11.7 Å². The number of carbonyl (C=O) groups excluding carboxylic acids is 2. The zero-order valence-electron chi connectivity index (χ0n) is 20.0. The van der Waals surface area contributed by atoms with E-state index in [1.165, 1.54) is 38.5 Å². The van der Waals surface area contributed by atoms with Crippen LogP contribution in [0.5, 0.6) is 23.1 Å². The molecular formula is C26H28FN3O5. The topological polar surface area (TPSA) is 98.8 Å². The van der Waals surface area contributed by atoms with E-state index in [0.717, 1.165) is 5.56 Å². The highest BCUT2D eigenvalue weighted by molar-refractivity contribution is 5.98. The molecule has 1 heterocycles.